The number of pyridine rings is 1. The van der Waals surface area contributed by atoms with Gasteiger partial charge in [-0.1, -0.05) is 6.07 Å². The molecule has 0 radical (unpaired) electrons. The summed E-state index contributed by atoms with van der Waals surface area (Å²) < 4.78 is 2.10. The van der Waals surface area contributed by atoms with Gasteiger partial charge in [0.15, 0.2) is 5.11 Å². The van der Waals surface area contributed by atoms with E-state index in [-0.39, 0.29) is 17.8 Å². The van der Waals surface area contributed by atoms with Crippen molar-refractivity contribution in [2.75, 3.05) is 4.90 Å². The molecule has 0 saturated carbocycles. The van der Waals surface area contributed by atoms with Crippen molar-refractivity contribution in [3.63, 3.8) is 0 Å². The Balaban J connectivity index is 1.83. The smallest absolute Gasteiger partial charge is 0.174 e. The molecule has 5 nitrogen and oxygen atoms in total. The van der Waals surface area contributed by atoms with Crippen molar-refractivity contribution in [2.45, 2.75) is 12.1 Å². The lowest BCUT2D eigenvalue weighted by Gasteiger charge is -2.28. The lowest BCUT2D eigenvalue weighted by molar-refractivity contribution is 0.475. The molecule has 4 rings (SSSR count). The van der Waals surface area contributed by atoms with Crippen LogP contribution in [0.4, 0.5) is 5.69 Å². The average molecular weight is 350 g/mol. The number of nitrogens with one attached hydrogen (secondary N) is 1. The predicted molar refractivity (Wildman–Crippen MR) is 101 cm³/mol. The van der Waals surface area contributed by atoms with Crippen LogP contribution in [0.5, 0.6) is 5.75 Å². The van der Waals surface area contributed by atoms with Gasteiger partial charge in [0.2, 0.25) is 0 Å². The van der Waals surface area contributed by atoms with Gasteiger partial charge in [0.05, 0.1) is 11.7 Å². The Hall–Kier alpha value is -2.86. The number of aromatic hydroxyl groups is 1. The molecule has 3 heterocycles. The molecular weight excluding hydrogens is 332 g/mol. The van der Waals surface area contributed by atoms with Crippen molar-refractivity contribution in [3.05, 3.63) is 78.4 Å². The molecule has 2 atom stereocenters. The summed E-state index contributed by atoms with van der Waals surface area (Å²) in [6.07, 6.45) is 3.83. The lowest BCUT2D eigenvalue weighted by atomic mass is 10.0. The van der Waals surface area contributed by atoms with Crippen LogP contribution in [0.15, 0.2) is 67.0 Å². The number of phenols is 1. The molecule has 0 unspecified atom stereocenters. The molecule has 1 saturated heterocycles. The summed E-state index contributed by atoms with van der Waals surface area (Å²) in [7, 11) is 2.03. The van der Waals surface area contributed by atoms with Crippen LogP contribution in [0.25, 0.3) is 0 Å². The third-order valence-corrected chi connectivity index (χ3v) is 4.83. The number of benzene rings is 1. The van der Waals surface area contributed by atoms with Crippen LogP contribution in [0.1, 0.15) is 23.5 Å². The summed E-state index contributed by atoms with van der Waals surface area (Å²) >= 11 is 5.64. The summed E-state index contributed by atoms with van der Waals surface area (Å²) in [4.78, 5) is 6.62. The Morgan fingerprint density at radius 2 is 1.88 bits per heavy atom. The highest BCUT2D eigenvalue weighted by Crippen LogP contribution is 2.41. The van der Waals surface area contributed by atoms with E-state index in [2.05, 4.69) is 25.8 Å². The fraction of sp³-hybridized carbons (Fsp3) is 0.158. The largest absolute Gasteiger partial charge is 0.508 e. The minimum atomic E-state index is -0.0592. The van der Waals surface area contributed by atoms with E-state index in [4.69, 9.17) is 12.2 Å². The number of anilines is 1. The second kappa shape index (κ2) is 6.22. The van der Waals surface area contributed by atoms with Gasteiger partial charge in [0, 0.05) is 30.8 Å². The number of hydrogen-bond acceptors (Lipinski definition) is 3. The van der Waals surface area contributed by atoms with Gasteiger partial charge in [0.25, 0.3) is 0 Å². The first-order valence-electron chi connectivity index (χ1n) is 8.06. The minimum Gasteiger partial charge on any atom is -0.508 e. The number of rotatable bonds is 3. The van der Waals surface area contributed by atoms with E-state index in [0.717, 1.165) is 17.1 Å². The van der Waals surface area contributed by atoms with E-state index in [1.54, 1.807) is 18.3 Å². The fourth-order valence-electron chi connectivity index (χ4n) is 3.33. The molecule has 126 valence electrons. The summed E-state index contributed by atoms with van der Waals surface area (Å²) in [6.45, 7) is 0. The SMILES string of the molecule is Cn1cccc1[C@@H]1[C@@H](c2ccccn2)NC(=S)N1c1ccc(O)cc1. The van der Waals surface area contributed by atoms with Crippen LogP contribution in [0, 0.1) is 0 Å². The van der Waals surface area contributed by atoms with E-state index >= 15 is 0 Å². The van der Waals surface area contributed by atoms with Gasteiger partial charge in [-0.2, -0.15) is 0 Å². The third-order valence-electron chi connectivity index (χ3n) is 4.51. The Labute approximate surface area is 151 Å². The quantitative estimate of drug-likeness (QED) is 0.710. The molecule has 0 aliphatic carbocycles. The van der Waals surface area contributed by atoms with Crippen molar-refractivity contribution < 1.29 is 5.11 Å². The molecule has 2 N–H and O–H groups in total. The van der Waals surface area contributed by atoms with Gasteiger partial charge in [-0.25, -0.2) is 0 Å². The third kappa shape index (κ3) is 2.74. The number of aryl methyl sites for hydroxylation is 1. The van der Waals surface area contributed by atoms with E-state index in [9.17, 15) is 5.11 Å². The fourth-order valence-corrected chi connectivity index (χ4v) is 3.67. The highest BCUT2D eigenvalue weighted by Gasteiger charge is 2.41. The average Bonchev–Trinajstić information content (AvgIpc) is 3.19. The lowest BCUT2D eigenvalue weighted by Crippen LogP contribution is -2.30. The Morgan fingerprint density at radius 1 is 1.08 bits per heavy atom. The molecule has 2 aromatic heterocycles. The molecule has 6 heteroatoms. The highest BCUT2D eigenvalue weighted by molar-refractivity contribution is 7.80. The molecule has 1 fully saturated rings. The standard InChI is InChI=1S/C19H18N4OS/c1-22-12-4-6-16(22)18-17(15-5-2-3-11-20-15)21-19(25)23(18)13-7-9-14(24)10-8-13/h2-12,17-18,24H,1H3,(H,21,25)/t17-,18-/m1/s1. The normalized spacial score (nSPS) is 19.9. The maximum absolute atomic E-state index is 9.61. The van der Waals surface area contributed by atoms with Crippen molar-refractivity contribution >= 4 is 23.0 Å². The van der Waals surface area contributed by atoms with Crippen LogP contribution >= 0.6 is 12.2 Å². The first-order chi connectivity index (χ1) is 12.1. The summed E-state index contributed by atoms with van der Waals surface area (Å²) in [5, 5.41) is 13.7. The first kappa shape index (κ1) is 15.7. The molecule has 0 amide bonds. The molecule has 0 spiro atoms. The maximum atomic E-state index is 9.61. The monoisotopic (exact) mass is 350 g/mol. The predicted octanol–water partition coefficient (Wildman–Crippen LogP) is 3.30. The van der Waals surface area contributed by atoms with Gasteiger partial charge in [-0.15, -0.1) is 0 Å². The Bertz CT molecular complexity index is 891. The zero-order chi connectivity index (χ0) is 17.4. The first-order valence-corrected chi connectivity index (χ1v) is 8.47. The zero-order valence-corrected chi connectivity index (χ0v) is 14.5. The van der Waals surface area contributed by atoms with E-state index in [1.165, 1.54) is 0 Å². The molecule has 1 aliphatic rings. The number of hydrogen-bond donors (Lipinski definition) is 2. The van der Waals surface area contributed by atoms with Crippen molar-refractivity contribution in [2.24, 2.45) is 7.05 Å². The van der Waals surface area contributed by atoms with E-state index in [1.807, 2.05) is 49.6 Å². The second-order valence-electron chi connectivity index (χ2n) is 6.06. The summed E-state index contributed by atoms with van der Waals surface area (Å²) in [6, 6.07) is 17.0. The van der Waals surface area contributed by atoms with Crippen molar-refractivity contribution in [1.82, 2.24) is 14.9 Å². The number of aromatic nitrogens is 2. The van der Waals surface area contributed by atoms with Gasteiger partial charge >= 0.3 is 0 Å². The molecule has 25 heavy (non-hydrogen) atoms. The molecule has 0 bridgehead atoms. The van der Waals surface area contributed by atoms with Crippen molar-refractivity contribution in [3.8, 4) is 5.75 Å². The van der Waals surface area contributed by atoms with Crippen LogP contribution in [0.3, 0.4) is 0 Å². The number of phenolic OH excluding ortho intramolecular Hbond substituents is 1. The van der Waals surface area contributed by atoms with Crippen LogP contribution in [0.2, 0.25) is 0 Å². The topological polar surface area (TPSA) is 53.3 Å². The summed E-state index contributed by atoms with van der Waals surface area (Å²) in [5.74, 6) is 0.235. The van der Waals surface area contributed by atoms with Crippen LogP contribution in [-0.2, 0) is 7.05 Å². The van der Waals surface area contributed by atoms with Gasteiger partial charge < -0.3 is 19.9 Å². The molecule has 3 aromatic rings. The van der Waals surface area contributed by atoms with Gasteiger partial charge in [-0.3, -0.25) is 4.98 Å². The van der Waals surface area contributed by atoms with E-state index < -0.39 is 0 Å². The van der Waals surface area contributed by atoms with Gasteiger partial charge in [0.1, 0.15) is 11.8 Å². The van der Waals surface area contributed by atoms with Crippen LogP contribution < -0.4 is 10.2 Å². The minimum absolute atomic E-state index is 0.0352. The Morgan fingerprint density at radius 3 is 2.52 bits per heavy atom. The van der Waals surface area contributed by atoms with Gasteiger partial charge in [-0.05, 0) is 60.7 Å². The zero-order valence-electron chi connectivity index (χ0n) is 13.7. The molecule has 1 aliphatic heterocycles. The second-order valence-corrected chi connectivity index (χ2v) is 6.44. The molecule has 1 aromatic carbocycles. The summed E-state index contributed by atoms with van der Waals surface area (Å²) in [5.41, 5.74) is 3.01. The highest BCUT2D eigenvalue weighted by atomic mass is 32.1. The molecular formula is C19H18N4OS. The van der Waals surface area contributed by atoms with Crippen LogP contribution in [-0.4, -0.2) is 19.8 Å². The maximum Gasteiger partial charge on any atom is 0.174 e. The number of thiocarbonyl (C=S) groups is 1. The number of nitrogens with zero attached hydrogens (tertiary/aromatic N) is 3. The Kier molecular flexibility index (Phi) is 3.89. The van der Waals surface area contributed by atoms with Crippen molar-refractivity contribution in [1.29, 1.82) is 0 Å². The van der Waals surface area contributed by atoms with E-state index in [0.29, 0.717) is 5.11 Å².